The van der Waals surface area contributed by atoms with Crippen LogP contribution in [0.1, 0.15) is 35.4 Å². The summed E-state index contributed by atoms with van der Waals surface area (Å²) in [6.45, 7) is 0. The fraction of sp³-hybridized carbons (Fsp3) is 0.182. The van der Waals surface area contributed by atoms with Crippen LogP contribution >= 0.6 is 0 Å². The molecule has 0 heterocycles. The van der Waals surface area contributed by atoms with Crippen LogP contribution < -0.4 is 0 Å². The summed E-state index contributed by atoms with van der Waals surface area (Å²) in [4.78, 5) is 0. The van der Waals surface area contributed by atoms with Gasteiger partial charge in [0.25, 0.3) is 0 Å². The van der Waals surface area contributed by atoms with Gasteiger partial charge in [-0.2, -0.15) is 0 Å². The molecule has 0 saturated heterocycles. The Morgan fingerprint density at radius 3 is 2.45 bits per heavy atom. The van der Waals surface area contributed by atoms with Crippen LogP contribution in [-0.2, 0) is 0 Å². The van der Waals surface area contributed by atoms with Gasteiger partial charge in [-0.1, -0.05) is 85.0 Å². The molecule has 0 spiro atoms. The minimum absolute atomic E-state index is 0.524. The second kappa shape index (κ2) is 5.81. The van der Waals surface area contributed by atoms with Crippen molar-refractivity contribution < 1.29 is 0 Å². The van der Waals surface area contributed by atoms with Gasteiger partial charge < -0.3 is 0 Å². The molecule has 0 saturated carbocycles. The molecule has 0 nitrogen and oxygen atoms in total. The van der Waals surface area contributed by atoms with Gasteiger partial charge in [0.1, 0.15) is 0 Å². The second-order valence-electron chi connectivity index (χ2n) is 6.18. The summed E-state index contributed by atoms with van der Waals surface area (Å²) in [6, 6.07) is 19.5. The lowest BCUT2D eigenvalue weighted by atomic mass is 9.81. The van der Waals surface area contributed by atoms with E-state index in [1.165, 1.54) is 35.1 Å². The summed E-state index contributed by atoms with van der Waals surface area (Å²) >= 11 is 0. The Morgan fingerprint density at radius 2 is 1.55 bits per heavy atom. The molecule has 2 aliphatic rings. The van der Waals surface area contributed by atoms with Crippen molar-refractivity contribution in [3.63, 3.8) is 0 Å². The summed E-state index contributed by atoms with van der Waals surface area (Å²) in [5.74, 6) is 1.05. The molecule has 2 atom stereocenters. The zero-order valence-electron chi connectivity index (χ0n) is 12.7. The van der Waals surface area contributed by atoms with Gasteiger partial charge in [0.2, 0.25) is 0 Å². The third-order valence-electron chi connectivity index (χ3n) is 4.74. The first kappa shape index (κ1) is 13.3. The van der Waals surface area contributed by atoms with Crippen molar-refractivity contribution in [2.24, 2.45) is 5.92 Å². The Kier molecular flexibility index (Phi) is 3.52. The number of rotatable bonds is 1. The van der Waals surface area contributed by atoms with E-state index in [0.29, 0.717) is 11.8 Å². The predicted octanol–water partition coefficient (Wildman–Crippen LogP) is 5.85. The average Bonchev–Trinajstić information content (AvgIpc) is 2.55. The van der Waals surface area contributed by atoms with Gasteiger partial charge in [-0.25, -0.2) is 0 Å². The molecule has 2 aromatic rings. The molecule has 0 radical (unpaired) electrons. The van der Waals surface area contributed by atoms with Gasteiger partial charge >= 0.3 is 0 Å². The van der Waals surface area contributed by atoms with Crippen molar-refractivity contribution in [2.75, 3.05) is 0 Å². The van der Waals surface area contributed by atoms with Gasteiger partial charge in [-0.15, -0.1) is 0 Å². The molecule has 0 aliphatic heterocycles. The predicted molar refractivity (Wildman–Crippen MR) is 94.5 cm³/mol. The number of benzene rings is 2. The van der Waals surface area contributed by atoms with E-state index in [9.17, 15) is 0 Å². The van der Waals surface area contributed by atoms with E-state index in [-0.39, 0.29) is 0 Å². The highest BCUT2D eigenvalue weighted by Crippen LogP contribution is 2.35. The van der Waals surface area contributed by atoms with Gasteiger partial charge in [-0.05, 0) is 41.0 Å². The van der Waals surface area contributed by atoms with E-state index in [1.807, 2.05) is 0 Å². The smallest absolute Gasteiger partial charge is 0.00275 e. The molecule has 22 heavy (non-hydrogen) atoms. The summed E-state index contributed by atoms with van der Waals surface area (Å²) in [5.41, 5.74) is 5.49. The lowest BCUT2D eigenvalue weighted by molar-refractivity contribution is 0.609. The maximum absolute atomic E-state index is 2.42. The highest BCUT2D eigenvalue weighted by molar-refractivity contribution is 5.75. The zero-order valence-corrected chi connectivity index (χ0v) is 12.7. The third kappa shape index (κ3) is 2.57. The average molecular weight is 284 g/mol. The van der Waals surface area contributed by atoms with Crippen LogP contribution in [0.25, 0.3) is 11.6 Å². The fourth-order valence-corrected chi connectivity index (χ4v) is 3.52. The van der Waals surface area contributed by atoms with Gasteiger partial charge in [0, 0.05) is 5.92 Å². The van der Waals surface area contributed by atoms with Crippen LogP contribution in [0.15, 0.2) is 78.9 Å². The first-order valence-corrected chi connectivity index (χ1v) is 8.13. The van der Waals surface area contributed by atoms with Crippen LogP contribution in [0.4, 0.5) is 0 Å². The Morgan fingerprint density at radius 1 is 0.727 bits per heavy atom. The molecule has 2 bridgehead atoms. The van der Waals surface area contributed by atoms with Crippen molar-refractivity contribution in [2.45, 2.75) is 18.8 Å². The van der Waals surface area contributed by atoms with E-state index in [1.54, 1.807) is 0 Å². The van der Waals surface area contributed by atoms with Crippen LogP contribution in [0.2, 0.25) is 0 Å². The first-order chi connectivity index (χ1) is 10.9. The maximum Gasteiger partial charge on any atom is 0.00275 e. The Hall–Kier alpha value is -2.34. The van der Waals surface area contributed by atoms with E-state index in [4.69, 9.17) is 0 Å². The SMILES string of the molecule is C1=CC2CCC(C=Cc3ccccc32)C=C1c1ccccc1. The first-order valence-electron chi connectivity index (χ1n) is 8.13. The van der Waals surface area contributed by atoms with E-state index >= 15 is 0 Å². The molecule has 0 heteroatoms. The minimum Gasteiger partial charge on any atom is -0.0770 e. The maximum atomic E-state index is 2.42. The molecule has 0 amide bonds. The monoisotopic (exact) mass is 284 g/mol. The number of hydrogen-bond donors (Lipinski definition) is 0. The molecule has 4 rings (SSSR count). The molecule has 108 valence electrons. The van der Waals surface area contributed by atoms with Crippen molar-refractivity contribution >= 4 is 11.6 Å². The van der Waals surface area contributed by atoms with Gasteiger partial charge in [0.15, 0.2) is 0 Å². The minimum atomic E-state index is 0.524. The number of allylic oxidation sites excluding steroid dienone is 5. The van der Waals surface area contributed by atoms with Crippen LogP contribution in [0, 0.1) is 5.92 Å². The van der Waals surface area contributed by atoms with Crippen molar-refractivity contribution in [3.8, 4) is 0 Å². The molecule has 2 aliphatic carbocycles. The topological polar surface area (TPSA) is 0 Å². The molecule has 0 N–H and O–H groups in total. The molecule has 0 fully saturated rings. The quantitative estimate of drug-likeness (QED) is 0.616. The van der Waals surface area contributed by atoms with E-state index in [0.717, 1.165) is 0 Å². The summed E-state index contributed by atoms with van der Waals surface area (Å²) in [5, 5.41) is 0. The molecular weight excluding hydrogens is 264 g/mol. The van der Waals surface area contributed by atoms with Crippen molar-refractivity contribution in [1.82, 2.24) is 0 Å². The third-order valence-corrected chi connectivity index (χ3v) is 4.74. The van der Waals surface area contributed by atoms with Crippen LogP contribution in [-0.4, -0.2) is 0 Å². The summed E-state index contributed by atoms with van der Waals surface area (Å²) in [7, 11) is 0. The lowest BCUT2D eigenvalue weighted by Gasteiger charge is -2.23. The van der Waals surface area contributed by atoms with Gasteiger partial charge in [0.05, 0.1) is 0 Å². The normalized spacial score (nSPS) is 23.0. The van der Waals surface area contributed by atoms with Crippen LogP contribution in [0.3, 0.4) is 0 Å². The standard InChI is InChI=1S/C22H20/c1-2-6-18(7-3-1)21-15-14-20-13-11-17(16-21)10-12-19-8-4-5-9-22(19)20/h1-10,12,14-17,20H,11,13H2. The molecule has 2 unspecified atom stereocenters. The second-order valence-corrected chi connectivity index (χ2v) is 6.18. The Bertz CT molecular complexity index is 747. The fourth-order valence-electron chi connectivity index (χ4n) is 3.52. The Labute approximate surface area is 132 Å². The molecular formula is C22H20. The molecule has 0 aromatic heterocycles. The molecule has 2 aromatic carbocycles. The van der Waals surface area contributed by atoms with Crippen molar-refractivity contribution in [1.29, 1.82) is 0 Å². The van der Waals surface area contributed by atoms with Crippen molar-refractivity contribution in [3.05, 3.63) is 95.6 Å². The highest BCUT2D eigenvalue weighted by atomic mass is 14.2. The van der Waals surface area contributed by atoms with E-state index < -0.39 is 0 Å². The summed E-state index contributed by atoms with van der Waals surface area (Å²) in [6.07, 6.45) is 14.3. The largest absolute Gasteiger partial charge is 0.0770 e. The lowest BCUT2D eigenvalue weighted by Crippen LogP contribution is -2.07. The number of fused-ring (bicyclic) bond motifs is 5. The Balaban J connectivity index is 1.81. The highest BCUT2D eigenvalue weighted by Gasteiger charge is 2.18. The summed E-state index contributed by atoms with van der Waals surface area (Å²) < 4.78 is 0. The number of hydrogen-bond acceptors (Lipinski definition) is 0. The van der Waals surface area contributed by atoms with Crippen LogP contribution in [0.5, 0.6) is 0 Å². The zero-order chi connectivity index (χ0) is 14.8. The van der Waals surface area contributed by atoms with E-state index in [2.05, 4.69) is 85.0 Å². The van der Waals surface area contributed by atoms with Gasteiger partial charge in [-0.3, -0.25) is 0 Å².